The summed E-state index contributed by atoms with van der Waals surface area (Å²) in [7, 11) is -4.75. The molecule has 0 fully saturated rings. The smallest absolute Gasteiger partial charge is 0.462 e. The third-order valence-corrected chi connectivity index (χ3v) is 7.10. The van der Waals surface area contributed by atoms with Crippen LogP contribution < -0.4 is 0 Å². The predicted octanol–water partition coefficient (Wildman–Crippen LogP) is 9.23. The van der Waals surface area contributed by atoms with Gasteiger partial charge >= 0.3 is 19.8 Å². The number of ether oxygens (including phenoxy) is 2. The zero-order chi connectivity index (χ0) is 31.9. The Morgan fingerprint density at radius 1 is 0.628 bits per heavy atom. The summed E-state index contributed by atoms with van der Waals surface area (Å²) >= 11 is 0. The van der Waals surface area contributed by atoms with E-state index in [1.165, 1.54) is 25.7 Å². The number of phosphoric acid groups is 1. The number of phosphoric ester groups is 1. The van der Waals surface area contributed by atoms with Crippen LogP contribution in [-0.2, 0) is 28.2 Å². The highest BCUT2D eigenvalue weighted by Gasteiger charge is 2.22. The molecule has 0 bridgehead atoms. The van der Waals surface area contributed by atoms with Crippen LogP contribution in [0, 0.1) is 0 Å². The first kappa shape index (κ1) is 41.0. The van der Waals surface area contributed by atoms with E-state index in [0.29, 0.717) is 6.42 Å². The molecule has 0 spiro atoms. The molecule has 8 nitrogen and oxygen atoms in total. The first-order chi connectivity index (χ1) is 20.8. The van der Waals surface area contributed by atoms with E-state index in [2.05, 4.69) is 67.0 Å². The molecule has 0 aliphatic carbocycles. The molecule has 1 atom stereocenters. The van der Waals surface area contributed by atoms with Crippen LogP contribution in [0.5, 0.6) is 0 Å². The van der Waals surface area contributed by atoms with Gasteiger partial charge in [0.1, 0.15) is 6.61 Å². The first-order valence-corrected chi connectivity index (χ1v) is 18.0. The van der Waals surface area contributed by atoms with Crippen molar-refractivity contribution in [1.82, 2.24) is 0 Å². The van der Waals surface area contributed by atoms with Gasteiger partial charge in [-0.15, -0.1) is 0 Å². The highest BCUT2D eigenvalue weighted by molar-refractivity contribution is 7.46. The second-order valence-electron chi connectivity index (χ2n) is 10.8. The predicted molar refractivity (Wildman–Crippen MR) is 174 cm³/mol. The average molecular weight is 627 g/mol. The molecule has 1 unspecified atom stereocenters. The molecule has 0 rings (SSSR count). The quantitative estimate of drug-likeness (QED) is 0.0365. The Kier molecular flexibility index (Phi) is 28.7. The molecule has 0 saturated carbocycles. The second kappa shape index (κ2) is 30.1. The van der Waals surface area contributed by atoms with Crippen molar-refractivity contribution in [2.24, 2.45) is 0 Å². The van der Waals surface area contributed by atoms with Gasteiger partial charge < -0.3 is 19.3 Å². The number of allylic oxidation sites excluding steroid dienone is 8. The molecule has 0 aromatic rings. The fraction of sp³-hybridized carbons (Fsp3) is 0.706. The molecular weight excluding hydrogens is 567 g/mol. The Labute approximate surface area is 261 Å². The van der Waals surface area contributed by atoms with Crippen LogP contribution in [0.1, 0.15) is 136 Å². The summed E-state index contributed by atoms with van der Waals surface area (Å²) in [5.74, 6) is -0.922. The third kappa shape index (κ3) is 32.8. The summed E-state index contributed by atoms with van der Waals surface area (Å²) < 4.78 is 26.1. The number of unbranched alkanes of at least 4 members (excludes halogenated alkanes) is 11. The minimum absolute atomic E-state index is 0.183. The highest BCUT2D eigenvalue weighted by Crippen LogP contribution is 2.35. The molecule has 9 heteroatoms. The van der Waals surface area contributed by atoms with Gasteiger partial charge in [0.05, 0.1) is 6.61 Å². The number of carbonyl (C=O) groups excluding carboxylic acids is 2. The van der Waals surface area contributed by atoms with Crippen LogP contribution in [0.2, 0.25) is 0 Å². The summed E-state index contributed by atoms with van der Waals surface area (Å²) in [5, 5.41) is 0. The van der Waals surface area contributed by atoms with Crippen molar-refractivity contribution in [3.63, 3.8) is 0 Å². The van der Waals surface area contributed by atoms with Crippen molar-refractivity contribution in [3.8, 4) is 0 Å². The maximum absolute atomic E-state index is 12.3. The van der Waals surface area contributed by atoms with E-state index in [0.717, 1.165) is 77.0 Å². The standard InChI is InChI=1S/C34H59O8P/c1-3-5-7-9-11-13-14-15-16-17-18-19-20-21-23-25-27-29-34(36)42-32(31-41-43(37,38)39)30-40-33(35)28-26-24-22-12-10-8-6-4-2/h5,7,11,13,15-16,18-19,32H,3-4,6,8-10,12,14,17,20-31H2,1-2H3,(H2,37,38,39)/b7-5-,13-11-,16-15-,19-18-. The molecule has 0 aliphatic heterocycles. The molecule has 248 valence electrons. The molecule has 0 aliphatic rings. The van der Waals surface area contributed by atoms with Crippen molar-refractivity contribution < 1.29 is 37.9 Å². The number of carbonyl (C=O) groups is 2. The fourth-order valence-corrected chi connectivity index (χ4v) is 4.55. The monoisotopic (exact) mass is 626 g/mol. The number of hydrogen-bond donors (Lipinski definition) is 2. The maximum atomic E-state index is 12.3. The zero-order valence-corrected chi connectivity index (χ0v) is 27.7. The van der Waals surface area contributed by atoms with E-state index < -0.39 is 32.5 Å². The zero-order valence-electron chi connectivity index (χ0n) is 26.8. The van der Waals surface area contributed by atoms with E-state index in [1.54, 1.807) is 0 Å². The Morgan fingerprint density at radius 2 is 1.12 bits per heavy atom. The van der Waals surface area contributed by atoms with Crippen LogP contribution in [-0.4, -0.2) is 41.0 Å². The van der Waals surface area contributed by atoms with Gasteiger partial charge in [-0.05, 0) is 51.4 Å². The van der Waals surface area contributed by atoms with Crippen LogP contribution in [0.15, 0.2) is 48.6 Å². The first-order valence-electron chi connectivity index (χ1n) is 16.4. The Hall–Kier alpha value is -1.99. The molecule has 0 amide bonds. The highest BCUT2D eigenvalue weighted by atomic mass is 31.2. The topological polar surface area (TPSA) is 119 Å². The van der Waals surface area contributed by atoms with Crippen LogP contribution in [0.25, 0.3) is 0 Å². The number of rotatable bonds is 29. The SMILES string of the molecule is CC/C=C\C/C=C\C/C=C\C/C=C\CCCCCCC(=O)OC(COC(=O)CCCCCCCCCC)COP(=O)(O)O. The van der Waals surface area contributed by atoms with E-state index in [-0.39, 0.29) is 19.4 Å². The van der Waals surface area contributed by atoms with Crippen molar-refractivity contribution in [2.75, 3.05) is 13.2 Å². The molecule has 0 aromatic heterocycles. The summed E-state index contributed by atoms with van der Waals surface area (Å²) in [6, 6.07) is 0. The Bertz CT molecular complexity index is 843. The van der Waals surface area contributed by atoms with E-state index >= 15 is 0 Å². The molecule has 0 radical (unpaired) electrons. The van der Waals surface area contributed by atoms with Gasteiger partial charge in [0.2, 0.25) is 0 Å². The van der Waals surface area contributed by atoms with E-state index in [9.17, 15) is 14.2 Å². The van der Waals surface area contributed by atoms with Crippen LogP contribution in [0.3, 0.4) is 0 Å². The lowest BCUT2D eigenvalue weighted by atomic mass is 10.1. The summed E-state index contributed by atoms with van der Waals surface area (Å²) in [6.45, 7) is 3.48. The van der Waals surface area contributed by atoms with Gasteiger partial charge in [0.25, 0.3) is 0 Å². The number of hydrogen-bond acceptors (Lipinski definition) is 6. The van der Waals surface area contributed by atoms with Crippen molar-refractivity contribution in [3.05, 3.63) is 48.6 Å². The largest absolute Gasteiger partial charge is 0.469 e. The third-order valence-electron chi connectivity index (χ3n) is 6.61. The fourth-order valence-electron chi connectivity index (χ4n) is 4.19. The van der Waals surface area contributed by atoms with E-state index in [4.69, 9.17) is 19.3 Å². The van der Waals surface area contributed by atoms with Crippen molar-refractivity contribution >= 4 is 19.8 Å². The average Bonchev–Trinajstić information content (AvgIpc) is 2.97. The minimum Gasteiger partial charge on any atom is -0.462 e. The summed E-state index contributed by atoms with van der Waals surface area (Å²) in [4.78, 5) is 42.4. The van der Waals surface area contributed by atoms with E-state index in [1.807, 2.05) is 0 Å². The second-order valence-corrected chi connectivity index (χ2v) is 12.0. The molecule has 0 saturated heterocycles. The van der Waals surface area contributed by atoms with Crippen molar-refractivity contribution in [1.29, 1.82) is 0 Å². The van der Waals surface area contributed by atoms with Gasteiger partial charge in [-0.25, -0.2) is 4.57 Å². The Balaban J connectivity index is 4.07. The van der Waals surface area contributed by atoms with Gasteiger partial charge in [-0.3, -0.25) is 14.1 Å². The minimum atomic E-state index is -4.75. The summed E-state index contributed by atoms with van der Waals surface area (Å²) in [6.07, 6.45) is 34.2. The molecule has 43 heavy (non-hydrogen) atoms. The normalized spacial score (nSPS) is 13.1. The molecule has 0 aromatic carbocycles. The Morgan fingerprint density at radius 3 is 1.67 bits per heavy atom. The van der Waals surface area contributed by atoms with Gasteiger partial charge in [-0.2, -0.15) is 0 Å². The van der Waals surface area contributed by atoms with Gasteiger partial charge in [0, 0.05) is 12.8 Å². The van der Waals surface area contributed by atoms with Crippen LogP contribution >= 0.6 is 7.82 Å². The maximum Gasteiger partial charge on any atom is 0.469 e. The molecular formula is C34H59O8P. The van der Waals surface area contributed by atoms with Crippen LogP contribution in [0.4, 0.5) is 0 Å². The molecule has 2 N–H and O–H groups in total. The number of esters is 2. The van der Waals surface area contributed by atoms with Gasteiger partial charge in [0.15, 0.2) is 6.10 Å². The molecule has 0 heterocycles. The lowest BCUT2D eigenvalue weighted by molar-refractivity contribution is -0.161. The lowest BCUT2D eigenvalue weighted by Crippen LogP contribution is -2.29. The summed E-state index contributed by atoms with van der Waals surface area (Å²) in [5.41, 5.74) is 0. The lowest BCUT2D eigenvalue weighted by Gasteiger charge is -2.18. The van der Waals surface area contributed by atoms with Gasteiger partial charge in [-0.1, -0.05) is 120 Å². The van der Waals surface area contributed by atoms with Crippen molar-refractivity contribution in [2.45, 2.75) is 142 Å².